The van der Waals surface area contributed by atoms with Crippen LogP contribution in [0.15, 0.2) is 22.7 Å². The van der Waals surface area contributed by atoms with Crippen molar-refractivity contribution in [3.63, 3.8) is 0 Å². The van der Waals surface area contributed by atoms with Gasteiger partial charge in [0.25, 0.3) is 0 Å². The van der Waals surface area contributed by atoms with E-state index < -0.39 is 0 Å². The van der Waals surface area contributed by atoms with E-state index in [2.05, 4.69) is 53.7 Å². The fraction of sp³-hybridized carbons (Fsp3) is 0.333. The Bertz CT molecular complexity index is 245. The van der Waals surface area contributed by atoms with Crippen LogP contribution in [0.25, 0.3) is 0 Å². The molecule has 0 nitrogen and oxygen atoms in total. The number of halogens is 1. The zero-order valence-electron chi connectivity index (χ0n) is 6.47. The zero-order valence-corrected chi connectivity index (χ0v) is 8.95. The Morgan fingerprint density at radius 2 is 2.18 bits per heavy atom. The summed E-state index contributed by atoms with van der Waals surface area (Å²) in [7, 11) is 0. The van der Waals surface area contributed by atoms with Crippen molar-refractivity contribution in [2.24, 2.45) is 0 Å². The fourth-order valence-corrected chi connectivity index (χ4v) is 1.72. The Morgan fingerprint density at radius 1 is 1.45 bits per heavy atom. The van der Waals surface area contributed by atoms with Gasteiger partial charge in [0.05, 0.1) is 0 Å². The average molecular weight is 231 g/mol. The summed E-state index contributed by atoms with van der Waals surface area (Å²) >= 11 is 7.71. The van der Waals surface area contributed by atoms with Gasteiger partial charge in [-0.1, -0.05) is 35.0 Å². The molecule has 0 saturated heterocycles. The summed E-state index contributed by atoms with van der Waals surface area (Å²) in [5.74, 6) is 0.820. The van der Waals surface area contributed by atoms with E-state index in [1.54, 1.807) is 0 Å². The molecule has 0 N–H and O–H groups in total. The standard InChI is InChI=1S/C9H11BrS/c1-2-8-5-7(6-11)3-4-9(8)10/h3-5,11H,2,6H2,1H3. The van der Waals surface area contributed by atoms with E-state index >= 15 is 0 Å². The van der Waals surface area contributed by atoms with Crippen molar-refractivity contribution in [3.05, 3.63) is 33.8 Å². The summed E-state index contributed by atoms with van der Waals surface area (Å²) in [6.07, 6.45) is 1.07. The highest BCUT2D eigenvalue weighted by atomic mass is 79.9. The minimum atomic E-state index is 0.820. The summed E-state index contributed by atoms with van der Waals surface area (Å²) in [5.41, 5.74) is 2.64. The molecule has 0 fully saturated rings. The van der Waals surface area contributed by atoms with E-state index in [1.807, 2.05) is 0 Å². The molecule has 1 aromatic carbocycles. The molecule has 0 aliphatic carbocycles. The maximum absolute atomic E-state index is 4.22. The van der Waals surface area contributed by atoms with Gasteiger partial charge in [0, 0.05) is 10.2 Å². The Labute approximate surface area is 81.5 Å². The van der Waals surface area contributed by atoms with Gasteiger partial charge < -0.3 is 0 Å². The van der Waals surface area contributed by atoms with Crippen LogP contribution >= 0.6 is 28.6 Å². The SMILES string of the molecule is CCc1cc(CS)ccc1Br. The van der Waals surface area contributed by atoms with Gasteiger partial charge in [0.1, 0.15) is 0 Å². The monoisotopic (exact) mass is 230 g/mol. The predicted octanol–water partition coefficient (Wildman–Crippen LogP) is 3.44. The first-order chi connectivity index (χ1) is 5.27. The van der Waals surface area contributed by atoms with Crippen LogP contribution < -0.4 is 0 Å². The lowest BCUT2D eigenvalue weighted by Crippen LogP contribution is -1.85. The largest absolute Gasteiger partial charge is 0.175 e. The molecular formula is C9H11BrS. The van der Waals surface area contributed by atoms with Gasteiger partial charge in [-0.15, -0.1) is 0 Å². The van der Waals surface area contributed by atoms with E-state index in [0.717, 1.165) is 12.2 Å². The molecule has 0 heterocycles. The Balaban J connectivity index is 3.02. The topological polar surface area (TPSA) is 0 Å². The number of hydrogen-bond donors (Lipinski definition) is 1. The number of benzene rings is 1. The first-order valence-corrected chi connectivity index (χ1v) is 5.08. The number of aryl methyl sites for hydroxylation is 1. The minimum Gasteiger partial charge on any atom is -0.175 e. The zero-order chi connectivity index (χ0) is 8.27. The summed E-state index contributed by atoms with van der Waals surface area (Å²) < 4.78 is 1.20. The van der Waals surface area contributed by atoms with Crippen LogP contribution in [0.5, 0.6) is 0 Å². The summed E-state index contributed by atoms with van der Waals surface area (Å²) in [6, 6.07) is 6.37. The summed E-state index contributed by atoms with van der Waals surface area (Å²) in [5, 5.41) is 0. The molecule has 0 aliphatic rings. The van der Waals surface area contributed by atoms with Crippen LogP contribution in [0.3, 0.4) is 0 Å². The van der Waals surface area contributed by atoms with Crippen LogP contribution in [0, 0.1) is 0 Å². The molecule has 0 unspecified atom stereocenters. The summed E-state index contributed by atoms with van der Waals surface area (Å²) in [4.78, 5) is 0. The average Bonchev–Trinajstić information content (AvgIpc) is 2.05. The van der Waals surface area contributed by atoms with Gasteiger partial charge in [-0.2, -0.15) is 12.6 Å². The van der Waals surface area contributed by atoms with Crippen molar-refractivity contribution < 1.29 is 0 Å². The third-order valence-electron chi connectivity index (χ3n) is 1.67. The van der Waals surface area contributed by atoms with Gasteiger partial charge in [-0.05, 0) is 23.6 Å². The quantitative estimate of drug-likeness (QED) is 0.740. The highest BCUT2D eigenvalue weighted by Crippen LogP contribution is 2.19. The first kappa shape index (κ1) is 9.14. The first-order valence-electron chi connectivity index (χ1n) is 3.66. The van der Waals surface area contributed by atoms with Gasteiger partial charge in [-0.25, -0.2) is 0 Å². The number of hydrogen-bond acceptors (Lipinski definition) is 1. The van der Waals surface area contributed by atoms with Crippen LogP contribution in [-0.2, 0) is 12.2 Å². The molecule has 2 heteroatoms. The lowest BCUT2D eigenvalue weighted by atomic mass is 10.1. The maximum atomic E-state index is 4.22. The van der Waals surface area contributed by atoms with Crippen LogP contribution in [-0.4, -0.2) is 0 Å². The minimum absolute atomic E-state index is 0.820. The molecule has 0 radical (unpaired) electrons. The van der Waals surface area contributed by atoms with Crippen molar-refractivity contribution >= 4 is 28.6 Å². The molecule has 0 saturated carbocycles. The van der Waals surface area contributed by atoms with E-state index in [9.17, 15) is 0 Å². The third kappa shape index (κ3) is 2.24. The molecule has 1 aromatic rings. The Morgan fingerprint density at radius 3 is 2.73 bits per heavy atom. The van der Waals surface area contributed by atoms with Crippen LogP contribution in [0.2, 0.25) is 0 Å². The molecule has 0 bridgehead atoms. The predicted molar refractivity (Wildman–Crippen MR) is 56.2 cm³/mol. The highest BCUT2D eigenvalue weighted by Gasteiger charge is 1.97. The lowest BCUT2D eigenvalue weighted by Gasteiger charge is -2.02. The molecule has 0 aliphatic heterocycles. The lowest BCUT2D eigenvalue weighted by molar-refractivity contribution is 1.12. The molecule has 0 amide bonds. The van der Waals surface area contributed by atoms with Crippen LogP contribution in [0.1, 0.15) is 18.1 Å². The molecular weight excluding hydrogens is 220 g/mol. The smallest absolute Gasteiger partial charge is 0.0207 e. The second-order valence-electron chi connectivity index (χ2n) is 2.44. The maximum Gasteiger partial charge on any atom is 0.0207 e. The van der Waals surface area contributed by atoms with E-state index in [0.29, 0.717) is 0 Å². The summed E-state index contributed by atoms with van der Waals surface area (Å²) in [6.45, 7) is 2.16. The van der Waals surface area contributed by atoms with Crippen molar-refractivity contribution in [3.8, 4) is 0 Å². The molecule has 0 spiro atoms. The molecule has 0 aromatic heterocycles. The van der Waals surface area contributed by atoms with Gasteiger partial charge in [0.15, 0.2) is 0 Å². The Kier molecular flexibility index (Phi) is 3.46. The number of rotatable bonds is 2. The second kappa shape index (κ2) is 4.17. The highest BCUT2D eigenvalue weighted by molar-refractivity contribution is 9.10. The van der Waals surface area contributed by atoms with Gasteiger partial charge in [0.2, 0.25) is 0 Å². The third-order valence-corrected chi connectivity index (χ3v) is 2.81. The van der Waals surface area contributed by atoms with E-state index in [-0.39, 0.29) is 0 Å². The fourth-order valence-electron chi connectivity index (χ4n) is 0.997. The van der Waals surface area contributed by atoms with Gasteiger partial charge in [-0.3, -0.25) is 0 Å². The van der Waals surface area contributed by atoms with Crippen molar-refractivity contribution in [1.29, 1.82) is 0 Å². The Hall–Kier alpha value is 0.0500. The molecule has 0 atom stereocenters. The molecule has 1 rings (SSSR count). The van der Waals surface area contributed by atoms with Crippen molar-refractivity contribution in [2.75, 3.05) is 0 Å². The van der Waals surface area contributed by atoms with Crippen molar-refractivity contribution in [2.45, 2.75) is 19.1 Å². The normalized spacial score (nSPS) is 10.1. The second-order valence-corrected chi connectivity index (χ2v) is 3.61. The number of thiol groups is 1. The van der Waals surface area contributed by atoms with E-state index in [4.69, 9.17) is 0 Å². The van der Waals surface area contributed by atoms with E-state index in [1.165, 1.54) is 15.6 Å². The molecule has 11 heavy (non-hydrogen) atoms. The van der Waals surface area contributed by atoms with Crippen LogP contribution in [0.4, 0.5) is 0 Å². The van der Waals surface area contributed by atoms with Crippen molar-refractivity contribution in [1.82, 2.24) is 0 Å². The van der Waals surface area contributed by atoms with Gasteiger partial charge >= 0.3 is 0 Å². The molecule has 60 valence electrons.